The molecule has 0 fully saturated rings. The Morgan fingerprint density at radius 3 is 1.88 bits per heavy atom. The van der Waals surface area contributed by atoms with Crippen LogP contribution >= 0.6 is 0 Å². The van der Waals surface area contributed by atoms with Gasteiger partial charge in [-0.3, -0.25) is 0 Å². The van der Waals surface area contributed by atoms with E-state index in [0.717, 1.165) is 17.5 Å². The van der Waals surface area contributed by atoms with Gasteiger partial charge in [-0.2, -0.15) is 0 Å². The van der Waals surface area contributed by atoms with Gasteiger partial charge in [0.1, 0.15) is 5.82 Å². The van der Waals surface area contributed by atoms with E-state index in [9.17, 15) is 4.39 Å². The van der Waals surface area contributed by atoms with Crippen molar-refractivity contribution in [3.05, 3.63) is 72.6 Å². The van der Waals surface area contributed by atoms with E-state index in [0.29, 0.717) is 0 Å². The van der Waals surface area contributed by atoms with Crippen molar-refractivity contribution in [2.45, 2.75) is 6.42 Å². The van der Waals surface area contributed by atoms with Gasteiger partial charge < -0.3 is 0 Å². The van der Waals surface area contributed by atoms with Crippen molar-refractivity contribution < 1.29 is 4.39 Å². The summed E-state index contributed by atoms with van der Waals surface area (Å²) in [5.74, 6) is -0.202. The Kier molecular flexibility index (Phi) is 3.16. The molecule has 2 rings (SSSR count). The van der Waals surface area contributed by atoms with Gasteiger partial charge in [0, 0.05) is 0 Å². The predicted molar refractivity (Wildman–Crippen MR) is 65.7 cm³/mol. The molecule has 0 saturated carbocycles. The second kappa shape index (κ2) is 4.75. The highest BCUT2D eigenvalue weighted by Gasteiger charge is 1.97. The number of rotatable bonds is 3. The molecule has 0 radical (unpaired) electrons. The van der Waals surface area contributed by atoms with Gasteiger partial charge in [0.15, 0.2) is 0 Å². The number of halogens is 1. The molecule has 2 aromatic carbocycles. The van der Waals surface area contributed by atoms with Gasteiger partial charge in [-0.1, -0.05) is 42.5 Å². The Morgan fingerprint density at radius 2 is 1.38 bits per heavy atom. The zero-order valence-electron chi connectivity index (χ0n) is 8.99. The maximum Gasteiger partial charge on any atom is 0.123 e. The SMILES string of the molecule is C=CCc1ccc(-c2ccc(F)cc2)cc1. The van der Waals surface area contributed by atoms with Crippen molar-refractivity contribution in [2.75, 3.05) is 0 Å². The summed E-state index contributed by atoms with van der Waals surface area (Å²) in [5.41, 5.74) is 3.38. The average molecular weight is 212 g/mol. The third-order valence-corrected chi connectivity index (χ3v) is 2.51. The van der Waals surface area contributed by atoms with Gasteiger partial charge >= 0.3 is 0 Å². The molecule has 0 atom stereocenters. The molecule has 2 aromatic rings. The van der Waals surface area contributed by atoms with E-state index in [-0.39, 0.29) is 5.82 Å². The molecule has 0 saturated heterocycles. The molecular weight excluding hydrogens is 199 g/mol. The Bertz CT molecular complexity index is 466. The summed E-state index contributed by atoms with van der Waals surface area (Å²) in [6.07, 6.45) is 2.76. The standard InChI is InChI=1S/C15H13F/c1-2-3-12-4-6-13(7-5-12)14-8-10-15(16)11-9-14/h2,4-11H,1,3H2. The second-order valence-electron chi connectivity index (χ2n) is 3.70. The first-order chi connectivity index (χ1) is 7.79. The molecule has 0 aliphatic carbocycles. The van der Waals surface area contributed by atoms with Crippen LogP contribution in [0.4, 0.5) is 4.39 Å². The van der Waals surface area contributed by atoms with E-state index in [1.807, 2.05) is 18.2 Å². The summed E-state index contributed by atoms with van der Waals surface area (Å²) in [7, 11) is 0. The molecule has 0 nitrogen and oxygen atoms in total. The lowest BCUT2D eigenvalue weighted by Crippen LogP contribution is -1.82. The highest BCUT2D eigenvalue weighted by atomic mass is 19.1. The van der Waals surface area contributed by atoms with Crippen LogP contribution in [0.15, 0.2) is 61.2 Å². The summed E-state index contributed by atoms with van der Waals surface area (Å²) in [6, 6.07) is 14.8. The molecule has 0 aliphatic heterocycles. The van der Waals surface area contributed by atoms with Gasteiger partial charge in [0.05, 0.1) is 0 Å². The normalized spacial score (nSPS) is 10.1. The van der Waals surface area contributed by atoms with Crippen molar-refractivity contribution in [3.8, 4) is 11.1 Å². The highest BCUT2D eigenvalue weighted by molar-refractivity contribution is 5.63. The minimum absolute atomic E-state index is 0.202. The lowest BCUT2D eigenvalue weighted by atomic mass is 10.0. The zero-order chi connectivity index (χ0) is 11.4. The number of hydrogen-bond donors (Lipinski definition) is 0. The first-order valence-electron chi connectivity index (χ1n) is 5.25. The van der Waals surface area contributed by atoms with Crippen molar-refractivity contribution in [1.29, 1.82) is 0 Å². The van der Waals surface area contributed by atoms with Crippen molar-refractivity contribution in [2.24, 2.45) is 0 Å². The van der Waals surface area contributed by atoms with Gasteiger partial charge in [0.25, 0.3) is 0 Å². The Morgan fingerprint density at radius 1 is 0.875 bits per heavy atom. The van der Waals surface area contributed by atoms with Crippen LogP contribution in [0, 0.1) is 5.82 Å². The average Bonchev–Trinajstić information content (AvgIpc) is 2.32. The first-order valence-corrected chi connectivity index (χ1v) is 5.25. The first kappa shape index (κ1) is 10.6. The summed E-state index contributed by atoms with van der Waals surface area (Å²) >= 11 is 0. The van der Waals surface area contributed by atoms with E-state index >= 15 is 0 Å². The van der Waals surface area contributed by atoms with Crippen molar-refractivity contribution in [3.63, 3.8) is 0 Å². The number of allylic oxidation sites excluding steroid dienone is 1. The van der Waals surface area contributed by atoms with Crippen LogP contribution < -0.4 is 0 Å². The van der Waals surface area contributed by atoms with Crippen LogP contribution in [0.5, 0.6) is 0 Å². The fourth-order valence-electron chi connectivity index (χ4n) is 1.64. The summed E-state index contributed by atoms with van der Waals surface area (Å²) in [4.78, 5) is 0. The molecule has 0 bridgehead atoms. The zero-order valence-corrected chi connectivity index (χ0v) is 8.99. The third-order valence-electron chi connectivity index (χ3n) is 2.51. The summed E-state index contributed by atoms with van der Waals surface area (Å²) in [5, 5.41) is 0. The van der Waals surface area contributed by atoms with E-state index in [4.69, 9.17) is 0 Å². The maximum absolute atomic E-state index is 12.8. The Labute approximate surface area is 95.1 Å². The van der Waals surface area contributed by atoms with Gasteiger partial charge in [0.2, 0.25) is 0 Å². The van der Waals surface area contributed by atoms with Crippen LogP contribution in [-0.4, -0.2) is 0 Å². The molecule has 0 spiro atoms. The van der Waals surface area contributed by atoms with E-state index in [2.05, 4.69) is 18.7 Å². The summed E-state index contributed by atoms with van der Waals surface area (Å²) in [6.45, 7) is 3.70. The maximum atomic E-state index is 12.8. The van der Waals surface area contributed by atoms with E-state index < -0.39 is 0 Å². The molecule has 1 heteroatoms. The lowest BCUT2D eigenvalue weighted by Gasteiger charge is -2.03. The molecule has 16 heavy (non-hydrogen) atoms. The fraction of sp³-hybridized carbons (Fsp3) is 0.0667. The molecule has 0 unspecified atom stereocenters. The molecule has 0 amide bonds. The molecule has 80 valence electrons. The molecule has 0 N–H and O–H groups in total. The van der Waals surface area contributed by atoms with Crippen LogP contribution in [0.3, 0.4) is 0 Å². The smallest absolute Gasteiger partial charge is 0.123 e. The fourth-order valence-corrected chi connectivity index (χ4v) is 1.64. The Balaban J connectivity index is 2.27. The minimum Gasteiger partial charge on any atom is -0.207 e. The van der Waals surface area contributed by atoms with Crippen LogP contribution in [0.25, 0.3) is 11.1 Å². The van der Waals surface area contributed by atoms with Crippen molar-refractivity contribution in [1.82, 2.24) is 0 Å². The van der Waals surface area contributed by atoms with E-state index in [1.165, 1.54) is 17.7 Å². The summed E-state index contributed by atoms with van der Waals surface area (Å²) < 4.78 is 12.8. The largest absolute Gasteiger partial charge is 0.207 e. The van der Waals surface area contributed by atoms with Gasteiger partial charge in [-0.15, -0.1) is 6.58 Å². The van der Waals surface area contributed by atoms with E-state index in [1.54, 1.807) is 12.1 Å². The molecule has 0 heterocycles. The van der Waals surface area contributed by atoms with Gasteiger partial charge in [-0.05, 0) is 35.2 Å². The molecule has 0 aromatic heterocycles. The highest BCUT2D eigenvalue weighted by Crippen LogP contribution is 2.20. The van der Waals surface area contributed by atoms with Crippen LogP contribution in [-0.2, 0) is 6.42 Å². The lowest BCUT2D eigenvalue weighted by molar-refractivity contribution is 0.628. The second-order valence-corrected chi connectivity index (χ2v) is 3.70. The quantitative estimate of drug-likeness (QED) is 0.668. The number of benzene rings is 2. The molecule has 0 aliphatic rings. The topological polar surface area (TPSA) is 0 Å². The van der Waals surface area contributed by atoms with Crippen molar-refractivity contribution >= 4 is 0 Å². The Hall–Kier alpha value is -1.89. The minimum atomic E-state index is -0.202. The predicted octanol–water partition coefficient (Wildman–Crippen LogP) is 4.22. The van der Waals surface area contributed by atoms with Crippen LogP contribution in [0.2, 0.25) is 0 Å². The number of hydrogen-bond acceptors (Lipinski definition) is 0. The third kappa shape index (κ3) is 2.37. The monoisotopic (exact) mass is 212 g/mol. The molecular formula is C15H13F. The van der Waals surface area contributed by atoms with Crippen LogP contribution in [0.1, 0.15) is 5.56 Å². The van der Waals surface area contributed by atoms with Gasteiger partial charge in [-0.25, -0.2) is 4.39 Å².